The van der Waals surface area contributed by atoms with Gasteiger partial charge in [0.2, 0.25) is 0 Å². The van der Waals surface area contributed by atoms with E-state index in [4.69, 9.17) is 21.1 Å². The summed E-state index contributed by atoms with van der Waals surface area (Å²) in [5.41, 5.74) is 0.493. The average molecular weight is 305 g/mol. The fourth-order valence-corrected chi connectivity index (χ4v) is 2.29. The van der Waals surface area contributed by atoms with E-state index in [-0.39, 0.29) is 0 Å². The van der Waals surface area contributed by atoms with Crippen molar-refractivity contribution < 1.29 is 29.9 Å². The molecular weight excluding hydrogens is 288 g/mol. The SMILES string of the molecule is OC[C@@H]1OC(c2ccccc2Cl)O[C@H](CO)[C@H](O)[C@H]1O. The lowest BCUT2D eigenvalue weighted by molar-refractivity contribution is -0.199. The van der Waals surface area contributed by atoms with Crippen molar-refractivity contribution in [2.45, 2.75) is 30.7 Å². The Balaban J connectivity index is 2.31. The third kappa shape index (κ3) is 3.12. The molecule has 1 unspecified atom stereocenters. The summed E-state index contributed by atoms with van der Waals surface area (Å²) >= 11 is 6.06. The molecule has 0 amide bonds. The summed E-state index contributed by atoms with van der Waals surface area (Å²) in [6.45, 7) is -0.999. The van der Waals surface area contributed by atoms with Crippen LogP contribution in [0.15, 0.2) is 24.3 Å². The molecule has 1 heterocycles. The van der Waals surface area contributed by atoms with E-state index in [0.717, 1.165) is 0 Å². The zero-order valence-corrected chi connectivity index (χ0v) is 11.3. The minimum atomic E-state index is -1.37. The molecule has 0 aromatic heterocycles. The monoisotopic (exact) mass is 304 g/mol. The van der Waals surface area contributed by atoms with E-state index in [1.165, 1.54) is 0 Å². The molecule has 1 aliphatic heterocycles. The molecular formula is C13H17ClO6. The molecule has 0 aliphatic carbocycles. The summed E-state index contributed by atoms with van der Waals surface area (Å²) in [6, 6.07) is 6.77. The number of rotatable bonds is 3. The number of hydrogen-bond acceptors (Lipinski definition) is 6. The Bertz CT molecular complexity index is 425. The van der Waals surface area contributed by atoms with E-state index in [0.29, 0.717) is 10.6 Å². The van der Waals surface area contributed by atoms with Crippen LogP contribution in [-0.4, -0.2) is 58.1 Å². The Hall–Kier alpha value is -0.730. The molecule has 4 N–H and O–H groups in total. The predicted molar refractivity (Wildman–Crippen MR) is 70.1 cm³/mol. The smallest absolute Gasteiger partial charge is 0.186 e. The molecule has 0 radical (unpaired) electrons. The van der Waals surface area contributed by atoms with Gasteiger partial charge in [0.05, 0.1) is 13.2 Å². The highest BCUT2D eigenvalue weighted by atomic mass is 35.5. The van der Waals surface area contributed by atoms with Gasteiger partial charge in [-0.1, -0.05) is 29.8 Å². The van der Waals surface area contributed by atoms with Crippen molar-refractivity contribution in [1.82, 2.24) is 0 Å². The number of aliphatic hydroxyl groups excluding tert-OH is 4. The van der Waals surface area contributed by atoms with Crippen LogP contribution in [0.5, 0.6) is 0 Å². The van der Waals surface area contributed by atoms with Crippen molar-refractivity contribution in [3.05, 3.63) is 34.9 Å². The number of hydrogen-bond donors (Lipinski definition) is 4. The molecule has 2 rings (SSSR count). The number of halogens is 1. The highest BCUT2D eigenvalue weighted by molar-refractivity contribution is 6.31. The number of benzene rings is 1. The highest BCUT2D eigenvalue weighted by Gasteiger charge is 2.40. The van der Waals surface area contributed by atoms with Crippen molar-refractivity contribution >= 4 is 11.6 Å². The van der Waals surface area contributed by atoms with Gasteiger partial charge in [-0.15, -0.1) is 0 Å². The summed E-state index contributed by atoms with van der Waals surface area (Å²) in [5.74, 6) is 0. The van der Waals surface area contributed by atoms with Crippen LogP contribution in [-0.2, 0) is 9.47 Å². The molecule has 7 heteroatoms. The van der Waals surface area contributed by atoms with Gasteiger partial charge in [-0.2, -0.15) is 0 Å². The third-order valence-electron chi connectivity index (χ3n) is 3.23. The summed E-state index contributed by atoms with van der Waals surface area (Å²) in [5, 5.41) is 38.7. The van der Waals surface area contributed by atoms with Crippen molar-refractivity contribution in [3.8, 4) is 0 Å². The van der Waals surface area contributed by atoms with E-state index >= 15 is 0 Å². The largest absolute Gasteiger partial charge is 0.394 e. The van der Waals surface area contributed by atoms with Crippen LogP contribution in [0.25, 0.3) is 0 Å². The first-order chi connectivity index (χ1) is 9.58. The molecule has 1 aromatic carbocycles. The minimum Gasteiger partial charge on any atom is -0.394 e. The minimum absolute atomic E-state index is 0.386. The molecule has 1 fully saturated rings. The van der Waals surface area contributed by atoms with Crippen LogP contribution < -0.4 is 0 Å². The summed E-state index contributed by atoms with van der Waals surface area (Å²) < 4.78 is 10.9. The van der Waals surface area contributed by atoms with Crippen LogP contribution in [0.4, 0.5) is 0 Å². The number of aliphatic hydroxyl groups is 4. The zero-order chi connectivity index (χ0) is 14.7. The maximum absolute atomic E-state index is 9.89. The van der Waals surface area contributed by atoms with E-state index < -0.39 is 43.9 Å². The topological polar surface area (TPSA) is 99.4 Å². The highest BCUT2D eigenvalue weighted by Crippen LogP contribution is 2.32. The average Bonchev–Trinajstić information content (AvgIpc) is 2.58. The van der Waals surface area contributed by atoms with Gasteiger partial charge in [-0.05, 0) is 6.07 Å². The first-order valence-electron chi connectivity index (χ1n) is 6.21. The molecule has 112 valence electrons. The zero-order valence-electron chi connectivity index (χ0n) is 10.6. The predicted octanol–water partition coefficient (Wildman–Crippen LogP) is -0.171. The van der Waals surface area contributed by atoms with Crippen LogP contribution in [0, 0.1) is 0 Å². The van der Waals surface area contributed by atoms with Crippen LogP contribution >= 0.6 is 11.6 Å². The molecule has 1 aromatic rings. The Kier molecular flexibility index (Phi) is 5.34. The lowest BCUT2D eigenvalue weighted by atomic mass is 10.0. The van der Waals surface area contributed by atoms with E-state index in [2.05, 4.69) is 0 Å². The lowest BCUT2D eigenvalue weighted by Crippen LogP contribution is -2.45. The van der Waals surface area contributed by atoms with Gasteiger partial charge in [0.25, 0.3) is 0 Å². The second kappa shape index (κ2) is 6.82. The number of ether oxygens (including phenoxy) is 2. The second-order valence-electron chi connectivity index (χ2n) is 4.55. The van der Waals surface area contributed by atoms with E-state index in [1.54, 1.807) is 24.3 Å². The maximum Gasteiger partial charge on any atom is 0.186 e. The Morgan fingerprint density at radius 2 is 1.45 bits per heavy atom. The van der Waals surface area contributed by atoms with Crippen molar-refractivity contribution in [1.29, 1.82) is 0 Å². The van der Waals surface area contributed by atoms with Crippen LogP contribution in [0.2, 0.25) is 5.02 Å². The van der Waals surface area contributed by atoms with Crippen LogP contribution in [0.3, 0.4) is 0 Å². The van der Waals surface area contributed by atoms with E-state index in [9.17, 15) is 20.4 Å². The van der Waals surface area contributed by atoms with Gasteiger partial charge in [0.15, 0.2) is 6.29 Å². The van der Waals surface area contributed by atoms with Crippen molar-refractivity contribution in [2.24, 2.45) is 0 Å². The fraction of sp³-hybridized carbons (Fsp3) is 0.538. The summed E-state index contributed by atoms with van der Waals surface area (Å²) in [6.07, 6.45) is -5.82. The summed E-state index contributed by atoms with van der Waals surface area (Å²) in [7, 11) is 0. The molecule has 1 aliphatic rings. The quantitative estimate of drug-likeness (QED) is 0.619. The lowest BCUT2D eigenvalue weighted by Gasteiger charge is -2.23. The summed E-state index contributed by atoms with van der Waals surface area (Å²) in [4.78, 5) is 0. The molecule has 1 saturated heterocycles. The molecule has 0 saturated carbocycles. The van der Waals surface area contributed by atoms with Gasteiger partial charge >= 0.3 is 0 Å². The van der Waals surface area contributed by atoms with Gasteiger partial charge < -0.3 is 29.9 Å². The van der Waals surface area contributed by atoms with Gasteiger partial charge in [-0.25, -0.2) is 0 Å². The Morgan fingerprint density at radius 3 is 1.90 bits per heavy atom. The maximum atomic E-state index is 9.89. The Labute approximate surface area is 121 Å². The molecule has 6 nitrogen and oxygen atoms in total. The third-order valence-corrected chi connectivity index (χ3v) is 3.57. The molecule has 5 atom stereocenters. The fourth-order valence-electron chi connectivity index (χ4n) is 2.07. The van der Waals surface area contributed by atoms with E-state index in [1.807, 2.05) is 0 Å². The standard InChI is InChI=1S/C13H17ClO6/c14-8-4-2-1-3-7(8)13-19-9(5-15)11(17)12(18)10(6-16)20-13/h1-4,9-13,15-18H,5-6H2/t9-,10+,11-,12-,13?/m0/s1. The van der Waals surface area contributed by atoms with Crippen LogP contribution in [0.1, 0.15) is 11.9 Å². The first-order valence-corrected chi connectivity index (χ1v) is 6.59. The molecule has 20 heavy (non-hydrogen) atoms. The van der Waals surface area contributed by atoms with Crippen molar-refractivity contribution in [2.75, 3.05) is 13.2 Å². The molecule has 0 bridgehead atoms. The second-order valence-corrected chi connectivity index (χ2v) is 4.96. The first kappa shape index (κ1) is 15.7. The van der Waals surface area contributed by atoms with Crippen molar-refractivity contribution in [3.63, 3.8) is 0 Å². The molecule has 0 spiro atoms. The van der Waals surface area contributed by atoms with Gasteiger partial charge in [0, 0.05) is 10.6 Å². The van der Waals surface area contributed by atoms with Gasteiger partial charge in [-0.3, -0.25) is 0 Å². The Morgan fingerprint density at radius 1 is 0.950 bits per heavy atom. The van der Waals surface area contributed by atoms with Gasteiger partial charge in [0.1, 0.15) is 24.4 Å². The normalized spacial score (nSPS) is 34.8.